The third-order valence-electron chi connectivity index (χ3n) is 3.74. The molecule has 3 atom stereocenters. The van der Waals surface area contributed by atoms with Crippen LogP contribution in [0.15, 0.2) is 6.33 Å². The van der Waals surface area contributed by atoms with Crippen LogP contribution in [0.3, 0.4) is 0 Å². The molecule has 2 rings (SSSR count). The summed E-state index contributed by atoms with van der Waals surface area (Å²) in [6, 6.07) is 0. The quantitative estimate of drug-likeness (QED) is 0.462. The third kappa shape index (κ3) is 5.54. The molecule has 2 heterocycles. The number of aliphatic hydroxyl groups excluding tert-OH is 2. The second-order valence-corrected chi connectivity index (χ2v) is 7.88. The van der Waals surface area contributed by atoms with Crippen LogP contribution in [0.1, 0.15) is 25.8 Å². The molecular weight excluding hydrogens is 402 g/mol. The van der Waals surface area contributed by atoms with E-state index in [1.165, 1.54) is 18.0 Å². The molecule has 11 nitrogen and oxygen atoms in total. The van der Waals surface area contributed by atoms with E-state index >= 15 is 0 Å². The van der Waals surface area contributed by atoms with Crippen molar-refractivity contribution in [2.75, 3.05) is 13.7 Å². The summed E-state index contributed by atoms with van der Waals surface area (Å²) in [5.74, 6) is 0.285. The minimum Gasteiger partial charge on any atom is -0.386 e. The molecule has 0 aromatic carbocycles. The molecule has 27 heavy (non-hydrogen) atoms. The van der Waals surface area contributed by atoms with E-state index in [1.54, 1.807) is 0 Å². The van der Waals surface area contributed by atoms with Crippen molar-refractivity contribution in [3.05, 3.63) is 17.3 Å². The smallest absolute Gasteiger partial charge is 0.333 e. The highest BCUT2D eigenvalue weighted by molar-refractivity contribution is 7.84. The fourth-order valence-corrected chi connectivity index (χ4v) is 3.00. The summed E-state index contributed by atoms with van der Waals surface area (Å²) in [7, 11) is -3.01. The highest BCUT2D eigenvalue weighted by atomic mass is 35.5. The molecule has 0 aliphatic carbocycles. The first-order valence-corrected chi connectivity index (χ1v) is 9.83. The first-order valence-electron chi connectivity index (χ1n) is 7.98. The van der Waals surface area contributed by atoms with E-state index in [1.807, 2.05) is 13.8 Å². The Morgan fingerprint density at radius 2 is 2.00 bits per heavy atom. The van der Waals surface area contributed by atoms with Gasteiger partial charge in [-0.1, -0.05) is 13.8 Å². The van der Waals surface area contributed by atoms with E-state index in [2.05, 4.69) is 19.1 Å². The fraction of sp³-hybridized carbons (Fsp3) is 0.643. The van der Waals surface area contributed by atoms with Crippen molar-refractivity contribution in [1.82, 2.24) is 19.5 Å². The summed E-state index contributed by atoms with van der Waals surface area (Å²) < 4.78 is 32.4. The van der Waals surface area contributed by atoms with Gasteiger partial charge in [0.15, 0.2) is 11.9 Å². The minimum absolute atomic E-state index is 0.0255. The lowest BCUT2D eigenvalue weighted by molar-refractivity contribution is -0.112. The number of imidazole rings is 1. The van der Waals surface area contributed by atoms with Crippen LogP contribution in [0.5, 0.6) is 0 Å². The minimum atomic E-state index is -4.23. The molecule has 2 aromatic heterocycles. The number of halogens is 1. The number of aromatic nitrogens is 4. The molecule has 0 aliphatic heterocycles. The summed E-state index contributed by atoms with van der Waals surface area (Å²) in [6.45, 7) is 3.42. The number of hydrogen-bond acceptors (Lipinski definition) is 9. The zero-order valence-electron chi connectivity index (χ0n) is 15.0. The van der Waals surface area contributed by atoms with Gasteiger partial charge in [-0.3, -0.25) is 8.75 Å². The molecule has 0 saturated heterocycles. The number of hydrogen-bond donors (Lipinski definition) is 3. The first-order chi connectivity index (χ1) is 12.5. The van der Waals surface area contributed by atoms with Gasteiger partial charge in [-0.2, -0.15) is 13.4 Å². The third-order valence-corrected chi connectivity index (χ3v) is 4.37. The van der Waals surface area contributed by atoms with Crippen molar-refractivity contribution in [3.63, 3.8) is 0 Å². The molecule has 0 bridgehead atoms. The molecule has 0 aliphatic rings. The number of methoxy groups -OCH3 is 1. The Hall–Kier alpha value is -1.41. The highest BCUT2D eigenvalue weighted by Crippen LogP contribution is 2.24. The van der Waals surface area contributed by atoms with Gasteiger partial charge in [0.2, 0.25) is 5.28 Å². The topological polar surface area (TPSA) is 163 Å². The number of nitrogens with zero attached hydrogens (tertiary/aromatic N) is 4. The van der Waals surface area contributed by atoms with Gasteiger partial charge in [-0.15, -0.1) is 0 Å². The first kappa shape index (κ1) is 21.9. The number of nitrogens with two attached hydrogens (primary N) is 1. The average molecular weight is 424 g/mol. The van der Waals surface area contributed by atoms with Gasteiger partial charge in [-0.05, 0) is 23.9 Å². The maximum absolute atomic E-state index is 10.9. The van der Waals surface area contributed by atoms with Crippen molar-refractivity contribution in [2.45, 2.75) is 38.7 Å². The normalized spacial score (nSPS) is 16.0. The Morgan fingerprint density at radius 3 is 2.56 bits per heavy atom. The summed E-state index contributed by atoms with van der Waals surface area (Å²) in [4.78, 5) is 12.5. The van der Waals surface area contributed by atoms with Crippen molar-refractivity contribution in [3.8, 4) is 0 Å². The van der Waals surface area contributed by atoms with E-state index in [0.29, 0.717) is 17.6 Å². The predicted molar refractivity (Wildman–Crippen MR) is 96.0 cm³/mol. The van der Waals surface area contributed by atoms with Crippen LogP contribution in [0, 0.1) is 5.92 Å². The zero-order valence-corrected chi connectivity index (χ0v) is 16.6. The van der Waals surface area contributed by atoms with Crippen LogP contribution >= 0.6 is 11.6 Å². The standard InChI is InChI=1S/C14H22ClN5O6S/c1-7(2)4-8-10-12(19-14(15)18-8)20(6-17-10)13(22)11(21)9(25-3)5-26-27(16,23)24/h6-7,9,11,13,21-22H,4-5H2,1-3H3,(H2,16,23,24)/t9-,11-,13-/m1/s1. The molecule has 13 heteroatoms. The lowest BCUT2D eigenvalue weighted by Crippen LogP contribution is -2.40. The van der Waals surface area contributed by atoms with Gasteiger partial charge >= 0.3 is 10.3 Å². The van der Waals surface area contributed by atoms with Gasteiger partial charge in [0, 0.05) is 7.11 Å². The molecule has 0 fully saturated rings. The molecule has 152 valence electrons. The number of aliphatic hydroxyl groups is 2. The van der Waals surface area contributed by atoms with Crippen molar-refractivity contribution in [1.29, 1.82) is 0 Å². The summed E-state index contributed by atoms with van der Waals surface area (Å²) in [5.41, 5.74) is 1.27. The Bertz CT molecular complexity index is 889. The Balaban J connectivity index is 2.33. The lowest BCUT2D eigenvalue weighted by atomic mass is 10.1. The van der Waals surface area contributed by atoms with E-state index in [0.717, 1.165) is 0 Å². The van der Waals surface area contributed by atoms with Crippen LogP contribution in [0.4, 0.5) is 0 Å². The number of fused-ring (bicyclic) bond motifs is 1. The van der Waals surface area contributed by atoms with Crippen molar-refractivity contribution >= 4 is 33.1 Å². The maximum atomic E-state index is 10.9. The Kier molecular flexibility index (Phi) is 7.08. The van der Waals surface area contributed by atoms with E-state index in [4.69, 9.17) is 21.5 Å². The Morgan fingerprint density at radius 1 is 1.33 bits per heavy atom. The van der Waals surface area contributed by atoms with E-state index in [-0.39, 0.29) is 16.8 Å². The summed E-state index contributed by atoms with van der Waals surface area (Å²) in [5, 5.41) is 25.6. The van der Waals surface area contributed by atoms with Crippen LogP contribution in [-0.4, -0.2) is 64.1 Å². The zero-order chi connectivity index (χ0) is 20.4. The predicted octanol–water partition coefficient (Wildman–Crippen LogP) is -0.235. The number of ether oxygens (including phenoxy) is 1. The van der Waals surface area contributed by atoms with Crippen molar-refractivity contribution in [2.24, 2.45) is 11.1 Å². The van der Waals surface area contributed by atoms with E-state index < -0.39 is 35.3 Å². The molecule has 0 radical (unpaired) electrons. The summed E-state index contributed by atoms with van der Waals surface area (Å²) >= 11 is 5.98. The van der Waals surface area contributed by atoms with Gasteiger partial charge in [-0.25, -0.2) is 15.1 Å². The van der Waals surface area contributed by atoms with Crippen LogP contribution in [0.2, 0.25) is 5.28 Å². The SMILES string of the molecule is CO[C@H](COS(N)(=O)=O)[C@@H](O)[C@@H](O)n1cnc2c(CC(C)C)nc(Cl)nc21. The molecule has 0 saturated carbocycles. The van der Waals surface area contributed by atoms with Gasteiger partial charge < -0.3 is 14.9 Å². The molecular formula is C14H22ClN5O6S. The monoisotopic (exact) mass is 423 g/mol. The van der Waals surface area contributed by atoms with Gasteiger partial charge in [0.05, 0.1) is 18.6 Å². The molecule has 0 unspecified atom stereocenters. The average Bonchev–Trinajstić information content (AvgIpc) is 2.96. The van der Waals surface area contributed by atoms with E-state index in [9.17, 15) is 18.6 Å². The second-order valence-electron chi connectivity index (χ2n) is 6.32. The number of rotatable bonds is 9. The van der Waals surface area contributed by atoms with Crippen LogP contribution in [-0.2, 0) is 25.6 Å². The molecule has 2 aromatic rings. The maximum Gasteiger partial charge on any atom is 0.333 e. The summed E-state index contributed by atoms with van der Waals surface area (Å²) in [6.07, 6.45) is -2.46. The lowest BCUT2D eigenvalue weighted by Gasteiger charge is -2.26. The van der Waals surface area contributed by atoms with Gasteiger partial charge in [0.25, 0.3) is 0 Å². The fourth-order valence-electron chi connectivity index (χ4n) is 2.49. The molecule has 0 amide bonds. The van der Waals surface area contributed by atoms with Crippen LogP contribution in [0.25, 0.3) is 11.2 Å². The van der Waals surface area contributed by atoms with Crippen LogP contribution < -0.4 is 5.14 Å². The largest absolute Gasteiger partial charge is 0.386 e. The Labute approximate surface area is 161 Å². The van der Waals surface area contributed by atoms with Crippen molar-refractivity contribution < 1.29 is 27.6 Å². The molecule has 4 N–H and O–H groups in total. The molecule has 0 spiro atoms. The highest BCUT2D eigenvalue weighted by Gasteiger charge is 2.31. The second kappa shape index (κ2) is 8.73. The van der Waals surface area contributed by atoms with Gasteiger partial charge in [0.1, 0.15) is 17.7 Å².